The molecule has 5 heteroatoms. The summed E-state index contributed by atoms with van der Waals surface area (Å²) in [5.74, 6) is -0.455. The zero-order chi connectivity index (χ0) is 14.5. The van der Waals surface area contributed by atoms with E-state index in [9.17, 15) is 9.00 Å². The molecule has 0 saturated heterocycles. The van der Waals surface area contributed by atoms with Crippen molar-refractivity contribution >= 4 is 16.8 Å². The Morgan fingerprint density at radius 1 is 1.37 bits per heavy atom. The van der Waals surface area contributed by atoms with Gasteiger partial charge in [-0.25, -0.2) is 0 Å². The van der Waals surface area contributed by atoms with Crippen LogP contribution in [0.15, 0.2) is 29.2 Å². The van der Waals surface area contributed by atoms with Crippen LogP contribution in [-0.2, 0) is 22.0 Å². The summed E-state index contributed by atoms with van der Waals surface area (Å²) in [7, 11) is -1.15. The molecule has 0 aromatic heterocycles. The highest BCUT2D eigenvalue weighted by Gasteiger charge is 2.18. The fraction of sp³-hybridized carbons (Fsp3) is 0.429. The van der Waals surface area contributed by atoms with Gasteiger partial charge in [0.2, 0.25) is 0 Å². The van der Waals surface area contributed by atoms with Gasteiger partial charge in [-0.3, -0.25) is 9.00 Å². The van der Waals surface area contributed by atoms with Gasteiger partial charge < -0.3 is 5.11 Å². The van der Waals surface area contributed by atoms with Crippen LogP contribution in [0.5, 0.6) is 0 Å². The van der Waals surface area contributed by atoms with Crippen molar-refractivity contribution in [2.24, 2.45) is 5.41 Å². The fourth-order valence-corrected chi connectivity index (χ4v) is 2.83. The average Bonchev–Trinajstić information content (AvgIpc) is 2.36. The van der Waals surface area contributed by atoms with E-state index in [2.05, 4.69) is 6.07 Å². The number of rotatable bonds is 6. The third-order valence-electron chi connectivity index (χ3n) is 2.76. The molecule has 1 rings (SSSR count). The molecule has 0 bridgehead atoms. The third-order valence-corrected chi connectivity index (χ3v) is 4.13. The Kier molecular flexibility index (Phi) is 5.25. The van der Waals surface area contributed by atoms with Crippen LogP contribution in [0, 0.1) is 16.7 Å². The topological polar surface area (TPSA) is 78.2 Å². The van der Waals surface area contributed by atoms with E-state index in [1.807, 2.05) is 13.8 Å². The smallest absolute Gasteiger partial charge is 0.307 e. The molecule has 0 heterocycles. The summed E-state index contributed by atoms with van der Waals surface area (Å²) in [6.07, 6.45) is 0.529. The van der Waals surface area contributed by atoms with E-state index in [4.69, 9.17) is 10.4 Å². The number of hydrogen-bond donors (Lipinski definition) is 1. The lowest BCUT2D eigenvalue weighted by atomic mass is 9.93. The van der Waals surface area contributed by atoms with Crippen LogP contribution in [0.2, 0.25) is 0 Å². The first-order chi connectivity index (χ1) is 8.84. The molecule has 1 atom stereocenters. The highest BCUT2D eigenvalue weighted by atomic mass is 32.2. The summed E-state index contributed by atoms with van der Waals surface area (Å²) in [5, 5.41) is 17.5. The highest BCUT2D eigenvalue weighted by molar-refractivity contribution is 7.85. The van der Waals surface area contributed by atoms with Crippen LogP contribution in [0.3, 0.4) is 0 Å². The van der Waals surface area contributed by atoms with Crippen molar-refractivity contribution < 1.29 is 14.1 Å². The standard InChI is InChI=1S/C14H17NO3S/c1-14(2,10-15)7-8-19(18)12-5-3-11(4-6-12)9-13(16)17/h3-6H,7-9H2,1-2H3,(H,16,17). The van der Waals surface area contributed by atoms with Gasteiger partial charge in [-0.15, -0.1) is 0 Å². The summed E-state index contributed by atoms with van der Waals surface area (Å²) in [5.41, 5.74) is 0.212. The molecule has 4 nitrogen and oxygen atoms in total. The Morgan fingerprint density at radius 2 is 1.95 bits per heavy atom. The quantitative estimate of drug-likeness (QED) is 0.867. The molecule has 0 radical (unpaired) electrons. The van der Waals surface area contributed by atoms with Gasteiger partial charge in [0.05, 0.1) is 28.7 Å². The molecular weight excluding hydrogens is 262 g/mol. The lowest BCUT2D eigenvalue weighted by Gasteiger charge is -2.14. The number of nitrogens with zero attached hydrogens (tertiary/aromatic N) is 1. The lowest BCUT2D eigenvalue weighted by molar-refractivity contribution is -0.136. The van der Waals surface area contributed by atoms with Crippen molar-refractivity contribution in [3.8, 4) is 6.07 Å². The first-order valence-corrected chi connectivity index (χ1v) is 7.26. The molecule has 0 aliphatic rings. The SMILES string of the molecule is CC(C)(C#N)CCS(=O)c1ccc(CC(=O)O)cc1. The highest BCUT2D eigenvalue weighted by Crippen LogP contribution is 2.20. The molecule has 0 aliphatic carbocycles. The number of benzene rings is 1. The second-order valence-corrected chi connectivity index (χ2v) is 6.58. The summed E-state index contributed by atoms with van der Waals surface area (Å²) in [6.45, 7) is 3.64. The molecule has 1 aromatic rings. The Morgan fingerprint density at radius 3 is 2.42 bits per heavy atom. The summed E-state index contributed by atoms with van der Waals surface area (Å²) >= 11 is 0. The number of carbonyl (C=O) groups is 1. The van der Waals surface area contributed by atoms with Gasteiger partial charge in [-0.05, 0) is 38.0 Å². The zero-order valence-electron chi connectivity index (χ0n) is 11.0. The Balaban J connectivity index is 2.64. The largest absolute Gasteiger partial charge is 0.481 e. The molecule has 1 unspecified atom stereocenters. The Bertz CT molecular complexity index is 514. The normalized spacial score (nSPS) is 12.7. The van der Waals surface area contributed by atoms with E-state index in [-0.39, 0.29) is 6.42 Å². The molecule has 0 fully saturated rings. The van der Waals surface area contributed by atoms with E-state index in [1.165, 1.54) is 0 Å². The van der Waals surface area contributed by atoms with Gasteiger partial charge >= 0.3 is 5.97 Å². The van der Waals surface area contributed by atoms with Crippen molar-refractivity contribution in [3.63, 3.8) is 0 Å². The van der Waals surface area contributed by atoms with Gasteiger partial charge in [0, 0.05) is 10.6 Å². The predicted octanol–water partition coefficient (Wildman–Crippen LogP) is 2.36. The van der Waals surface area contributed by atoms with Gasteiger partial charge in [-0.1, -0.05) is 12.1 Å². The predicted molar refractivity (Wildman–Crippen MR) is 73.1 cm³/mol. The molecule has 19 heavy (non-hydrogen) atoms. The molecule has 1 aromatic carbocycles. The maximum atomic E-state index is 12.0. The van der Waals surface area contributed by atoms with E-state index >= 15 is 0 Å². The van der Waals surface area contributed by atoms with Crippen molar-refractivity contribution in [1.29, 1.82) is 5.26 Å². The van der Waals surface area contributed by atoms with Crippen LogP contribution in [0.1, 0.15) is 25.8 Å². The Hall–Kier alpha value is -1.67. The number of aliphatic carboxylic acids is 1. The minimum absolute atomic E-state index is 0.0334. The summed E-state index contributed by atoms with van der Waals surface area (Å²) < 4.78 is 12.0. The lowest BCUT2D eigenvalue weighted by Crippen LogP contribution is -2.12. The minimum atomic E-state index is -1.15. The van der Waals surface area contributed by atoms with Crippen LogP contribution in [-0.4, -0.2) is 21.0 Å². The van der Waals surface area contributed by atoms with Crippen molar-refractivity contribution in [2.45, 2.75) is 31.6 Å². The van der Waals surface area contributed by atoms with Crippen LogP contribution >= 0.6 is 0 Å². The maximum Gasteiger partial charge on any atom is 0.307 e. The molecule has 1 N–H and O–H groups in total. The van der Waals surface area contributed by atoms with Crippen LogP contribution < -0.4 is 0 Å². The van der Waals surface area contributed by atoms with E-state index in [1.54, 1.807) is 24.3 Å². The first-order valence-electron chi connectivity index (χ1n) is 5.94. The fourth-order valence-electron chi connectivity index (χ4n) is 1.46. The number of nitriles is 1. The van der Waals surface area contributed by atoms with Crippen molar-refractivity contribution in [3.05, 3.63) is 29.8 Å². The van der Waals surface area contributed by atoms with E-state index in [0.717, 1.165) is 0 Å². The van der Waals surface area contributed by atoms with Crippen molar-refractivity contribution in [1.82, 2.24) is 0 Å². The maximum absolute atomic E-state index is 12.0. The molecule has 0 amide bonds. The molecular formula is C14H17NO3S. The minimum Gasteiger partial charge on any atom is -0.481 e. The Labute approximate surface area is 115 Å². The zero-order valence-corrected chi connectivity index (χ0v) is 11.9. The van der Waals surface area contributed by atoms with Gasteiger partial charge in [0.15, 0.2) is 0 Å². The third kappa shape index (κ3) is 5.23. The van der Waals surface area contributed by atoms with E-state index in [0.29, 0.717) is 22.6 Å². The van der Waals surface area contributed by atoms with Crippen LogP contribution in [0.25, 0.3) is 0 Å². The van der Waals surface area contributed by atoms with Gasteiger partial charge in [0.25, 0.3) is 0 Å². The second-order valence-electron chi connectivity index (χ2n) is 5.01. The van der Waals surface area contributed by atoms with Crippen LogP contribution in [0.4, 0.5) is 0 Å². The van der Waals surface area contributed by atoms with E-state index < -0.39 is 22.2 Å². The molecule has 102 valence electrons. The summed E-state index contributed by atoms with van der Waals surface area (Å²) in [4.78, 5) is 11.2. The number of hydrogen-bond acceptors (Lipinski definition) is 3. The first kappa shape index (κ1) is 15.4. The second kappa shape index (κ2) is 6.48. The molecule has 0 saturated carbocycles. The van der Waals surface area contributed by atoms with Gasteiger partial charge in [-0.2, -0.15) is 5.26 Å². The number of carboxylic acid groups (broad SMARTS) is 1. The molecule has 0 aliphatic heterocycles. The average molecular weight is 279 g/mol. The summed E-state index contributed by atoms with van der Waals surface area (Å²) in [6, 6.07) is 8.91. The molecule has 0 spiro atoms. The number of carboxylic acids is 1. The van der Waals surface area contributed by atoms with Crippen molar-refractivity contribution in [2.75, 3.05) is 5.75 Å². The monoisotopic (exact) mass is 279 g/mol. The van der Waals surface area contributed by atoms with Gasteiger partial charge in [0.1, 0.15) is 0 Å².